The van der Waals surface area contributed by atoms with Gasteiger partial charge in [-0.05, 0) is 59.5 Å². The SMILES string of the molecule is O=C1[C@@H](Cc2ccc(OCc3cccc(F)c3)cc2)SC(=S)N1Cc1ccc(F)cc1. The summed E-state index contributed by atoms with van der Waals surface area (Å²) in [6, 6.07) is 19.9. The Hall–Kier alpha value is -2.77. The fourth-order valence-corrected chi connectivity index (χ4v) is 4.80. The summed E-state index contributed by atoms with van der Waals surface area (Å²) in [7, 11) is 0. The number of hydrogen-bond donors (Lipinski definition) is 0. The van der Waals surface area contributed by atoms with Crippen molar-refractivity contribution in [2.24, 2.45) is 0 Å². The van der Waals surface area contributed by atoms with Crippen LogP contribution < -0.4 is 4.74 Å². The summed E-state index contributed by atoms with van der Waals surface area (Å²) in [6.45, 7) is 0.620. The van der Waals surface area contributed by atoms with Crippen molar-refractivity contribution >= 4 is 34.2 Å². The molecule has 3 nitrogen and oxygen atoms in total. The van der Waals surface area contributed by atoms with Crippen LogP contribution in [0.15, 0.2) is 72.8 Å². The average Bonchev–Trinajstić information content (AvgIpc) is 3.02. The fraction of sp³-hybridized carbons (Fsp3) is 0.167. The molecule has 1 aliphatic heterocycles. The molecule has 1 atom stereocenters. The maximum Gasteiger partial charge on any atom is 0.242 e. The smallest absolute Gasteiger partial charge is 0.242 e. The van der Waals surface area contributed by atoms with Crippen LogP contribution in [0.2, 0.25) is 0 Å². The highest BCUT2D eigenvalue weighted by molar-refractivity contribution is 8.24. The number of ether oxygens (including phenoxy) is 1. The Balaban J connectivity index is 1.34. The zero-order chi connectivity index (χ0) is 21.8. The number of carbonyl (C=O) groups excluding carboxylic acids is 1. The van der Waals surface area contributed by atoms with Gasteiger partial charge in [0.05, 0.1) is 11.8 Å². The van der Waals surface area contributed by atoms with Crippen LogP contribution in [-0.2, 0) is 24.4 Å². The number of nitrogens with zero attached hydrogens (tertiary/aromatic N) is 1. The van der Waals surface area contributed by atoms with Gasteiger partial charge in [-0.25, -0.2) is 8.78 Å². The van der Waals surface area contributed by atoms with E-state index in [9.17, 15) is 13.6 Å². The van der Waals surface area contributed by atoms with Crippen molar-refractivity contribution in [1.29, 1.82) is 0 Å². The number of rotatable bonds is 7. The lowest BCUT2D eigenvalue weighted by Gasteiger charge is -2.15. The first kappa shape index (κ1) is 21.5. The topological polar surface area (TPSA) is 29.5 Å². The number of benzene rings is 3. The van der Waals surface area contributed by atoms with Gasteiger partial charge in [0, 0.05) is 0 Å². The lowest BCUT2D eigenvalue weighted by atomic mass is 10.1. The summed E-state index contributed by atoms with van der Waals surface area (Å²) in [5.74, 6) is 0.0360. The monoisotopic (exact) mass is 455 g/mol. The molecule has 0 aromatic heterocycles. The first-order chi connectivity index (χ1) is 15.0. The molecule has 0 N–H and O–H groups in total. The van der Waals surface area contributed by atoms with Crippen molar-refractivity contribution < 1.29 is 18.3 Å². The van der Waals surface area contributed by atoms with Crippen LogP contribution in [0.1, 0.15) is 16.7 Å². The molecule has 1 fully saturated rings. The van der Waals surface area contributed by atoms with E-state index in [2.05, 4.69) is 0 Å². The third-order valence-electron chi connectivity index (χ3n) is 4.90. The fourth-order valence-electron chi connectivity index (χ4n) is 3.27. The third kappa shape index (κ3) is 5.48. The lowest BCUT2D eigenvalue weighted by Crippen LogP contribution is -2.31. The number of halogens is 2. The molecular formula is C24H19F2NO2S2. The average molecular weight is 456 g/mol. The van der Waals surface area contributed by atoms with E-state index in [0.29, 0.717) is 23.0 Å². The summed E-state index contributed by atoms with van der Waals surface area (Å²) in [5.41, 5.74) is 2.58. The highest BCUT2D eigenvalue weighted by Gasteiger charge is 2.36. The van der Waals surface area contributed by atoms with E-state index in [-0.39, 0.29) is 29.4 Å². The highest BCUT2D eigenvalue weighted by atomic mass is 32.2. The molecule has 0 spiro atoms. The first-order valence-electron chi connectivity index (χ1n) is 9.70. The maximum absolute atomic E-state index is 13.3. The van der Waals surface area contributed by atoms with E-state index >= 15 is 0 Å². The van der Waals surface area contributed by atoms with Gasteiger partial charge in [-0.1, -0.05) is 60.4 Å². The van der Waals surface area contributed by atoms with Gasteiger partial charge in [-0.3, -0.25) is 9.69 Å². The van der Waals surface area contributed by atoms with Gasteiger partial charge in [0.2, 0.25) is 5.91 Å². The first-order valence-corrected chi connectivity index (χ1v) is 11.0. The highest BCUT2D eigenvalue weighted by Crippen LogP contribution is 2.31. The minimum Gasteiger partial charge on any atom is -0.489 e. The Morgan fingerprint density at radius 2 is 1.61 bits per heavy atom. The standard InChI is InChI=1S/C24H19F2NO2S2/c25-19-8-4-17(5-9-19)14-27-23(28)22(31-24(27)30)13-16-6-10-21(11-7-16)29-15-18-2-1-3-20(26)12-18/h1-12,22H,13-15H2/t22-/m1/s1. The van der Waals surface area contributed by atoms with E-state index in [1.54, 1.807) is 29.2 Å². The Morgan fingerprint density at radius 3 is 2.32 bits per heavy atom. The van der Waals surface area contributed by atoms with Crippen LogP contribution in [0.25, 0.3) is 0 Å². The van der Waals surface area contributed by atoms with E-state index in [4.69, 9.17) is 17.0 Å². The van der Waals surface area contributed by atoms with Gasteiger partial charge < -0.3 is 4.74 Å². The van der Waals surface area contributed by atoms with Crippen molar-refractivity contribution in [3.05, 3.63) is 101 Å². The Labute approximate surface area is 189 Å². The summed E-state index contributed by atoms with van der Waals surface area (Å²) < 4.78 is 32.6. The number of hydrogen-bond acceptors (Lipinski definition) is 4. The summed E-state index contributed by atoms with van der Waals surface area (Å²) in [4.78, 5) is 14.4. The van der Waals surface area contributed by atoms with E-state index in [1.807, 2.05) is 24.3 Å². The number of amides is 1. The summed E-state index contributed by atoms with van der Waals surface area (Å²) >= 11 is 6.77. The molecule has 31 heavy (non-hydrogen) atoms. The molecule has 1 saturated heterocycles. The van der Waals surface area contributed by atoms with Crippen LogP contribution in [0.3, 0.4) is 0 Å². The molecule has 0 saturated carbocycles. The second kappa shape index (κ2) is 9.58. The number of thioether (sulfide) groups is 1. The second-order valence-electron chi connectivity index (χ2n) is 7.19. The third-order valence-corrected chi connectivity index (χ3v) is 6.48. The molecular weight excluding hydrogens is 436 g/mol. The predicted molar refractivity (Wildman–Crippen MR) is 122 cm³/mol. The molecule has 0 aliphatic carbocycles. The molecule has 3 aromatic rings. The van der Waals surface area contributed by atoms with Gasteiger partial charge >= 0.3 is 0 Å². The van der Waals surface area contributed by atoms with Crippen molar-refractivity contribution in [2.75, 3.05) is 0 Å². The predicted octanol–water partition coefficient (Wildman–Crippen LogP) is 5.52. The quantitative estimate of drug-likeness (QED) is 0.439. The Morgan fingerprint density at radius 1 is 0.903 bits per heavy atom. The van der Waals surface area contributed by atoms with Crippen LogP contribution >= 0.6 is 24.0 Å². The molecule has 158 valence electrons. The van der Waals surface area contributed by atoms with Crippen LogP contribution in [0, 0.1) is 11.6 Å². The molecule has 3 aromatic carbocycles. The van der Waals surface area contributed by atoms with Crippen molar-refractivity contribution in [3.8, 4) is 5.75 Å². The van der Waals surface area contributed by atoms with E-state index in [1.165, 1.54) is 36.0 Å². The molecule has 4 rings (SSSR count). The van der Waals surface area contributed by atoms with Crippen molar-refractivity contribution in [2.45, 2.75) is 24.8 Å². The van der Waals surface area contributed by atoms with Crippen LogP contribution in [0.5, 0.6) is 5.75 Å². The normalized spacial score (nSPS) is 16.1. The minimum absolute atomic E-state index is 0.0363. The molecule has 7 heteroatoms. The van der Waals surface area contributed by atoms with Crippen LogP contribution in [-0.4, -0.2) is 20.4 Å². The van der Waals surface area contributed by atoms with Gasteiger partial charge in [0.1, 0.15) is 28.3 Å². The second-order valence-corrected chi connectivity index (χ2v) is 9.03. The zero-order valence-corrected chi connectivity index (χ0v) is 18.1. The van der Waals surface area contributed by atoms with E-state index in [0.717, 1.165) is 16.7 Å². The molecule has 0 unspecified atom stereocenters. The maximum atomic E-state index is 13.3. The Kier molecular flexibility index (Phi) is 6.63. The van der Waals surface area contributed by atoms with Gasteiger partial charge in [-0.15, -0.1) is 0 Å². The molecule has 1 amide bonds. The number of carbonyl (C=O) groups is 1. The van der Waals surface area contributed by atoms with E-state index < -0.39 is 0 Å². The van der Waals surface area contributed by atoms with Crippen LogP contribution in [0.4, 0.5) is 8.78 Å². The van der Waals surface area contributed by atoms with Gasteiger partial charge in [0.15, 0.2) is 0 Å². The molecule has 0 bridgehead atoms. The minimum atomic E-state index is -0.310. The molecule has 1 heterocycles. The largest absolute Gasteiger partial charge is 0.489 e. The van der Waals surface area contributed by atoms with Crippen molar-refractivity contribution in [1.82, 2.24) is 4.90 Å². The van der Waals surface area contributed by atoms with Crippen molar-refractivity contribution in [3.63, 3.8) is 0 Å². The molecule has 1 aliphatic rings. The summed E-state index contributed by atoms with van der Waals surface area (Å²) in [6.07, 6.45) is 0.549. The van der Waals surface area contributed by atoms with Gasteiger partial charge in [-0.2, -0.15) is 0 Å². The summed E-state index contributed by atoms with van der Waals surface area (Å²) in [5, 5.41) is -0.285. The Bertz CT molecular complexity index is 1090. The molecule has 0 radical (unpaired) electrons. The zero-order valence-electron chi connectivity index (χ0n) is 16.5. The lowest BCUT2D eigenvalue weighted by molar-refractivity contribution is -0.126. The number of thiocarbonyl (C=S) groups is 1. The van der Waals surface area contributed by atoms with Gasteiger partial charge in [0.25, 0.3) is 0 Å².